The maximum atomic E-state index is 2.62. The van der Waals surface area contributed by atoms with Crippen molar-refractivity contribution in [2.75, 3.05) is 6.54 Å². The molecular weight excluding hydrogens is 146 g/mol. The fourth-order valence-electron chi connectivity index (χ4n) is 2.07. The van der Waals surface area contributed by atoms with Crippen LogP contribution in [0, 0.1) is 5.41 Å². The average molecular weight is 169 g/mol. The van der Waals surface area contributed by atoms with Crippen molar-refractivity contribution < 1.29 is 0 Å². The molecule has 0 N–H and O–H groups in total. The van der Waals surface area contributed by atoms with Gasteiger partial charge in [-0.25, -0.2) is 0 Å². The summed E-state index contributed by atoms with van der Waals surface area (Å²) in [5.41, 5.74) is 0.498. The van der Waals surface area contributed by atoms with Gasteiger partial charge in [-0.15, -0.1) is 0 Å². The summed E-state index contributed by atoms with van der Waals surface area (Å²) in [5.74, 6) is 0. The third-order valence-electron chi connectivity index (χ3n) is 2.70. The standard InChI is InChI=1S/C11H23N/c1-9(2)12-7-6-10(12)8-11(3,4)5/h9-10H,6-8H2,1-5H3. The van der Waals surface area contributed by atoms with E-state index in [1.165, 1.54) is 19.4 Å². The molecule has 0 spiro atoms. The zero-order chi connectivity index (χ0) is 9.35. The second kappa shape index (κ2) is 3.37. The Hall–Kier alpha value is -0.0400. The van der Waals surface area contributed by atoms with E-state index in [4.69, 9.17) is 0 Å². The van der Waals surface area contributed by atoms with Gasteiger partial charge in [0.25, 0.3) is 0 Å². The van der Waals surface area contributed by atoms with E-state index in [2.05, 4.69) is 39.5 Å². The number of hydrogen-bond donors (Lipinski definition) is 0. The predicted molar refractivity (Wildman–Crippen MR) is 54.3 cm³/mol. The number of nitrogens with zero attached hydrogens (tertiary/aromatic N) is 1. The molecule has 0 aromatic heterocycles. The van der Waals surface area contributed by atoms with Gasteiger partial charge in [0.2, 0.25) is 0 Å². The van der Waals surface area contributed by atoms with Crippen LogP contribution in [0.4, 0.5) is 0 Å². The van der Waals surface area contributed by atoms with E-state index < -0.39 is 0 Å². The summed E-state index contributed by atoms with van der Waals surface area (Å²) >= 11 is 0. The molecule has 0 bridgehead atoms. The summed E-state index contributed by atoms with van der Waals surface area (Å²) in [7, 11) is 0. The first-order valence-electron chi connectivity index (χ1n) is 5.16. The molecule has 12 heavy (non-hydrogen) atoms. The highest BCUT2D eigenvalue weighted by atomic mass is 15.2. The van der Waals surface area contributed by atoms with Crippen molar-refractivity contribution in [3.8, 4) is 0 Å². The lowest BCUT2D eigenvalue weighted by atomic mass is 9.83. The topological polar surface area (TPSA) is 3.24 Å². The smallest absolute Gasteiger partial charge is 0.0115 e. The molecular formula is C11H23N. The third-order valence-corrected chi connectivity index (χ3v) is 2.70. The van der Waals surface area contributed by atoms with E-state index in [0.717, 1.165) is 12.1 Å². The van der Waals surface area contributed by atoms with Crippen LogP contribution in [0.15, 0.2) is 0 Å². The molecule has 0 aromatic carbocycles. The van der Waals surface area contributed by atoms with Crippen LogP contribution in [0.25, 0.3) is 0 Å². The first kappa shape index (κ1) is 10.0. The zero-order valence-electron chi connectivity index (χ0n) is 9.22. The van der Waals surface area contributed by atoms with Crippen LogP contribution in [0.1, 0.15) is 47.5 Å². The molecule has 0 amide bonds. The van der Waals surface area contributed by atoms with Crippen molar-refractivity contribution in [2.24, 2.45) is 5.41 Å². The fraction of sp³-hybridized carbons (Fsp3) is 1.00. The Morgan fingerprint density at radius 1 is 1.33 bits per heavy atom. The summed E-state index contributed by atoms with van der Waals surface area (Å²) in [5, 5.41) is 0. The summed E-state index contributed by atoms with van der Waals surface area (Å²) < 4.78 is 0. The van der Waals surface area contributed by atoms with Crippen LogP contribution in [0.3, 0.4) is 0 Å². The largest absolute Gasteiger partial charge is 0.298 e. The fourth-order valence-corrected chi connectivity index (χ4v) is 2.07. The van der Waals surface area contributed by atoms with Gasteiger partial charge in [0.15, 0.2) is 0 Å². The Morgan fingerprint density at radius 3 is 2.17 bits per heavy atom. The Morgan fingerprint density at radius 2 is 1.92 bits per heavy atom. The summed E-state index contributed by atoms with van der Waals surface area (Å²) in [6.07, 6.45) is 2.76. The zero-order valence-corrected chi connectivity index (χ0v) is 9.22. The van der Waals surface area contributed by atoms with Crippen molar-refractivity contribution in [3.05, 3.63) is 0 Å². The van der Waals surface area contributed by atoms with Gasteiger partial charge in [-0.05, 0) is 32.1 Å². The summed E-state index contributed by atoms with van der Waals surface area (Å²) in [6, 6.07) is 1.61. The van der Waals surface area contributed by atoms with Gasteiger partial charge in [-0.1, -0.05) is 20.8 Å². The molecule has 0 aromatic rings. The van der Waals surface area contributed by atoms with Gasteiger partial charge in [0.05, 0.1) is 0 Å². The van der Waals surface area contributed by atoms with Crippen molar-refractivity contribution in [1.82, 2.24) is 4.90 Å². The minimum Gasteiger partial charge on any atom is -0.298 e. The van der Waals surface area contributed by atoms with Gasteiger partial charge < -0.3 is 0 Å². The van der Waals surface area contributed by atoms with Gasteiger partial charge in [-0.2, -0.15) is 0 Å². The quantitative estimate of drug-likeness (QED) is 0.614. The molecule has 1 aliphatic rings. The second-order valence-corrected chi connectivity index (χ2v) is 5.54. The Balaban J connectivity index is 2.35. The van der Waals surface area contributed by atoms with E-state index in [1.54, 1.807) is 0 Å². The number of likely N-dealkylation sites (tertiary alicyclic amines) is 1. The van der Waals surface area contributed by atoms with E-state index in [9.17, 15) is 0 Å². The molecule has 1 heterocycles. The summed E-state index contributed by atoms with van der Waals surface area (Å²) in [4.78, 5) is 2.62. The minimum absolute atomic E-state index is 0.498. The molecule has 1 heteroatoms. The first-order valence-corrected chi connectivity index (χ1v) is 5.16. The maximum absolute atomic E-state index is 2.62. The van der Waals surface area contributed by atoms with Crippen LogP contribution in [0.2, 0.25) is 0 Å². The molecule has 1 rings (SSSR count). The van der Waals surface area contributed by atoms with Crippen LogP contribution in [-0.2, 0) is 0 Å². The first-order chi connectivity index (χ1) is 5.40. The van der Waals surface area contributed by atoms with Gasteiger partial charge in [0.1, 0.15) is 0 Å². The van der Waals surface area contributed by atoms with E-state index >= 15 is 0 Å². The summed E-state index contributed by atoms with van der Waals surface area (Å²) in [6.45, 7) is 12.9. The van der Waals surface area contributed by atoms with E-state index in [1.807, 2.05) is 0 Å². The van der Waals surface area contributed by atoms with Crippen LogP contribution >= 0.6 is 0 Å². The van der Waals surface area contributed by atoms with Crippen LogP contribution in [0.5, 0.6) is 0 Å². The number of hydrogen-bond acceptors (Lipinski definition) is 1. The SMILES string of the molecule is CC(C)N1CCC1CC(C)(C)C. The average Bonchev–Trinajstić information content (AvgIpc) is 1.77. The second-order valence-electron chi connectivity index (χ2n) is 5.54. The van der Waals surface area contributed by atoms with Crippen molar-refractivity contribution in [2.45, 2.75) is 59.5 Å². The molecule has 0 saturated carbocycles. The lowest BCUT2D eigenvalue weighted by molar-refractivity contribution is 0.0296. The molecule has 1 saturated heterocycles. The van der Waals surface area contributed by atoms with Crippen LogP contribution in [-0.4, -0.2) is 23.5 Å². The molecule has 0 radical (unpaired) electrons. The predicted octanol–water partition coefficient (Wildman–Crippen LogP) is 2.91. The molecule has 1 unspecified atom stereocenters. The molecule has 72 valence electrons. The normalized spacial score (nSPS) is 26.0. The highest BCUT2D eigenvalue weighted by Crippen LogP contribution is 2.31. The molecule has 1 atom stereocenters. The Bertz CT molecular complexity index is 144. The van der Waals surface area contributed by atoms with Gasteiger partial charge in [-0.3, -0.25) is 4.90 Å². The van der Waals surface area contributed by atoms with Gasteiger partial charge in [0, 0.05) is 18.6 Å². The maximum Gasteiger partial charge on any atom is 0.0115 e. The van der Waals surface area contributed by atoms with Crippen LogP contribution < -0.4 is 0 Å². The molecule has 1 nitrogen and oxygen atoms in total. The highest BCUT2D eigenvalue weighted by molar-refractivity contribution is 4.87. The molecule has 0 aliphatic carbocycles. The van der Waals surface area contributed by atoms with Crippen molar-refractivity contribution in [3.63, 3.8) is 0 Å². The number of rotatable bonds is 2. The Kier molecular flexibility index (Phi) is 2.82. The molecule has 1 aliphatic heterocycles. The highest BCUT2D eigenvalue weighted by Gasteiger charge is 2.32. The minimum atomic E-state index is 0.498. The van der Waals surface area contributed by atoms with Crippen molar-refractivity contribution in [1.29, 1.82) is 0 Å². The lowest BCUT2D eigenvalue weighted by Crippen LogP contribution is -2.52. The van der Waals surface area contributed by atoms with E-state index in [-0.39, 0.29) is 0 Å². The third kappa shape index (κ3) is 2.48. The van der Waals surface area contributed by atoms with Gasteiger partial charge >= 0.3 is 0 Å². The van der Waals surface area contributed by atoms with Crippen molar-refractivity contribution >= 4 is 0 Å². The van der Waals surface area contributed by atoms with E-state index in [0.29, 0.717) is 5.41 Å². The monoisotopic (exact) mass is 169 g/mol. The Labute approximate surface area is 77.1 Å². The molecule has 1 fully saturated rings. The lowest BCUT2D eigenvalue weighted by Gasteiger charge is -2.46.